The summed E-state index contributed by atoms with van der Waals surface area (Å²) in [6, 6.07) is 0. The maximum absolute atomic E-state index is 4.82. The normalized spacial score (nSPS) is 16.8. The van der Waals surface area contributed by atoms with Crippen molar-refractivity contribution in [2.75, 3.05) is 40.3 Å². The van der Waals surface area contributed by atoms with Crippen LogP contribution >= 0.6 is 35.3 Å². The Labute approximate surface area is 168 Å². The second kappa shape index (κ2) is 11.3. The largest absolute Gasteiger partial charge is 0.357 e. The van der Waals surface area contributed by atoms with Gasteiger partial charge in [-0.15, -0.1) is 35.3 Å². The fraction of sp³-hybridized carbons (Fsp3) is 0.765. The first-order valence-corrected chi connectivity index (χ1v) is 9.55. The number of aromatic nitrogens is 1. The summed E-state index contributed by atoms with van der Waals surface area (Å²) in [5.41, 5.74) is 1.12. The molecule has 0 aliphatic carbocycles. The summed E-state index contributed by atoms with van der Waals surface area (Å²) in [6.45, 7) is 9.26. The molecule has 0 spiro atoms. The Morgan fingerprint density at radius 1 is 1.46 bits per heavy atom. The van der Waals surface area contributed by atoms with E-state index in [9.17, 15) is 0 Å². The Hall–Kier alpha value is -0.410. The number of aryl methyl sites for hydroxylation is 1. The maximum atomic E-state index is 4.82. The Morgan fingerprint density at radius 3 is 2.75 bits per heavy atom. The van der Waals surface area contributed by atoms with Gasteiger partial charge in [0.15, 0.2) is 5.96 Å². The molecule has 1 fully saturated rings. The van der Waals surface area contributed by atoms with Gasteiger partial charge in [-0.2, -0.15) is 0 Å². The zero-order valence-electron chi connectivity index (χ0n) is 15.4. The molecule has 5 nitrogen and oxygen atoms in total. The molecule has 0 bridgehead atoms. The highest BCUT2D eigenvalue weighted by Gasteiger charge is 2.16. The third kappa shape index (κ3) is 7.23. The van der Waals surface area contributed by atoms with Gasteiger partial charge in [-0.1, -0.05) is 0 Å². The Kier molecular flexibility index (Phi) is 10.1. The van der Waals surface area contributed by atoms with Crippen molar-refractivity contribution in [3.8, 4) is 0 Å². The molecule has 1 saturated heterocycles. The van der Waals surface area contributed by atoms with E-state index in [2.05, 4.69) is 53.4 Å². The number of likely N-dealkylation sites (tertiary alicyclic amines) is 1. The molecule has 1 aliphatic heterocycles. The van der Waals surface area contributed by atoms with E-state index in [1.807, 2.05) is 0 Å². The van der Waals surface area contributed by atoms with E-state index in [0.717, 1.165) is 42.2 Å². The lowest BCUT2D eigenvalue weighted by Crippen LogP contribution is -2.38. The summed E-state index contributed by atoms with van der Waals surface area (Å²) in [6.07, 6.45) is 3.83. The van der Waals surface area contributed by atoms with Crippen molar-refractivity contribution in [3.05, 3.63) is 16.1 Å². The third-order valence-corrected chi connectivity index (χ3v) is 5.22. The minimum absolute atomic E-state index is 0. The number of guanidine groups is 1. The number of piperidine rings is 1. The van der Waals surface area contributed by atoms with E-state index in [1.54, 1.807) is 11.3 Å². The van der Waals surface area contributed by atoms with Gasteiger partial charge in [-0.3, -0.25) is 4.99 Å². The fourth-order valence-corrected chi connectivity index (χ4v) is 3.58. The van der Waals surface area contributed by atoms with Crippen LogP contribution in [0.4, 0.5) is 0 Å². The molecule has 0 atom stereocenters. The molecular formula is C17H32IN5S. The van der Waals surface area contributed by atoms with Crippen molar-refractivity contribution in [1.82, 2.24) is 20.1 Å². The standard InChI is InChI=1S/C17H31N5S.HI/c1-5-18-17(22(4)12-16-13-23-14(2)20-16)19-9-6-15-7-10-21(3)11-8-15;/h13,15H,5-12H2,1-4H3,(H,18,19);1H. The van der Waals surface area contributed by atoms with Gasteiger partial charge in [-0.25, -0.2) is 4.98 Å². The van der Waals surface area contributed by atoms with Crippen LogP contribution in [-0.2, 0) is 6.54 Å². The van der Waals surface area contributed by atoms with Gasteiger partial charge in [-0.05, 0) is 59.2 Å². The number of halogens is 1. The maximum Gasteiger partial charge on any atom is 0.194 e. The van der Waals surface area contributed by atoms with Gasteiger partial charge in [0.1, 0.15) is 0 Å². The highest BCUT2D eigenvalue weighted by Crippen LogP contribution is 2.19. The number of rotatable bonds is 6. The second-order valence-electron chi connectivity index (χ2n) is 6.48. The molecule has 0 saturated carbocycles. The topological polar surface area (TPSA) is 43.8 Å². The number of aliphatic imine (C=N–C) groups is 1. The number of hydrogen-bond donors (Lipinski definition) is 1. The minimum Gasteiger partial charge on any atom is -0.357 e. The monoisotopic (exact) mass is 465 g/mol. The average Bonchev–Trinajstić information content (AvgIpc) is 2.93. The van der Waals surface area contributed by atoms with Crippen LogP contribution in [-0.4, -0.2) is 61.0 Å². The smallest absolute Gasteiger partial charge is 0.194 e. The van der Waals surface area contributed by atoms with Gasteiger partial charge >= 0.3 is 0 Å². The fourth-order valence-electron chi connectivity index (χ4n) is 2.97. The summed E-state index contributed by atoms with van der Waals surface area (Å²) in [4.78, 5) is 14.0. The van der Waals surface area contributed by atoms with Crippen molar-refractivity contribution >= 4 is 41.3 Å². The molecular weight excluding hydrogens is 433 g/mol. The van der Waals surface area contributed by atoms with Crippen molar-refractivity contribution in [1.29, 1.82) is 0 Å². The van der Waals surface area contributed by atoms with E-state index in [1.165, 1.54) is 32.4 Å². The summed E-state index contributed by atoms with van der Waals surface area (Å²) in [7, 11) is 4.30. The molecule has 0 amide bonds. The summed E-state index contributed by atoms with van der Waals surface area (Å²) >= 11 is 1.71. The summed E-state index contributed by atoms with van der Waals surface area (Å²) < 4.78 is 0. The highest BCUT2D eigenvalue weighted by atomic mass is 127. The molecule has 2 rings (SSSR count). The predicted octanol–water partition coefficient (Wildman–Crippen LogP) is 3.20. The van der Waals surface area contributed by atoms with E-state index in [-0.39, 0.29) is 24.0 Å². The van der Waals surface area contributed by atoms with Crippen LogP contribution in [0.2, 0.25) is 0 Å². The Balaban J connectivity index is 0.00000288. The van der Waals surface area contributed by atoms with Crippen LogP contribution in [0.25, 0.3) is 0 Å². The van der Waals surface area contributed by atoms with E-state index < -0.39 is 0 Å². The SMILES string of the molecule is CCNC(=NCCC1CCN(C)CC1)N(C)Cc1csc(C)n1.I. The van der Waals surface area contributed by atoms with Crippen molar-refractivity contribution < 1.29 is 0 Å². The molecule has 0 unspecified atom stereocenters. The number of nitrogens with one attached hydrogen (secondary N) is 1. The quantitative estimate of drug-likeness (QED) is 0.398. The Bertz CT molecular complexity index is 497. The lowest BCUT2D eigenvalue weighted by Gasteiger charge is -2.28. The predicted molar refractivity (Wildman–Crippen MR) is 115 cm³/mol. The van der Waals surface area contributed by atoms with Gasteiger partial charge in [0.05, 0.1) is 17.2 Å². The summed E-state index contributed by atoms with van der Waals surface area (Å²) in [5.74, 6) is 1.83. The molecule has 2 heterocycles. The number of nitrogens with zero attached hydrogens (tertiary/aromatic N) is 4. The van der Waals surface area contributed by atoms with Crippen LogP contribution in [0.5, 0.6) is 0 Å². The highest BCUT2D eigenvalue weighted by molar-refractivity contribution is 14.0. The molecule has 1 aromatic heterocycles. The molecule has 0 aromatic carbocycles. The Morgan fingerprint density at radius 2 is 2.17 bits per heavy atom. The molecule has 0 radical (unpaired) electrons. The second-order valence-corrected chi connectivity index (χ2v) is 7.55. The number of hydrogen-bond acceptors (Lipinski definition) is 4. The summed E-state index contributed by atoms with van der Waals surface area (Å²) in [5, 5.41) is 6.65. The third-order valence-electron chi connectivity index (χ3n) is 4.40. The van der Waals surface area contributed by atoms with Crippen LogP contribution in [0.15, 0.2) is 10.4 Å². The van der Waals surface area contributed by atoms with Crippen molar-refractivity contribution in [2.24, 2.45) is 10.9 Å². The lowest BCUT2D eigenvalue weighted by molar-refractivity contribution is 0.214. The minimum atomic E-state index is 0. The van der Waals surface area contributed by atoms with Crippen LogP contribution in [0.1, 0.15) is 36.9 Å². The van der Waals surface area contributed by atoms with E-state index >= 15 is 0 Å². The zero-order valence-corrected chi connectivity index (χ0v) is 18.6. The van der Waals surface area contributed by atoms with Crippen LogP contribution in [0.3, 0.4) is 0 Å². The van der Waals surface area contributed by atoms with Crippen LogP contribution < -0.4 is 5.32 Å². The lowest BCUT2D eigenvalue weighted by atomic mass is 9.94. The first kappa shape index (κ1) is 21.6. The molecule has 7 heteroatoms. The molecule has 1 aliphatic rings. The first-order valence-electron chi connectivity index (χ1n) is 8.67. The van der Waals surface area contributed by atoms with E-state index in [4.69, 9.17) is 4.99 Å². The average molecular weight is 465 g/mol. The molecule has 1 aromatic rings. The molecule has 138 valence electrons. The number of thiazole rings is 1. The van der Waals surface area contributed by atoms with Gasteiger partial charge in [0.25, 0.3) is 0 Å². The van der Waals surface area contributed by atoms with Gasteiger partial charge in [0, 0.05) is 25.5 Å². The van der Waals surface area contributed by atoms with Crippen molar-refractivity contribution in [3.63, 3.8) is 0 Å². The first-order chi connectivity index (χ1) is 11.1. The van der Waals surface area contributed by atoms with Crippen molar-refractivity contribution in [2.45, 2.75) is 39.7 Å². The van der Waals surface area contributed by atoms with E-state index in [0.29, 0.717) is 0 Å². The molecule has 1 N–H and O–H groups in total. The van der Waals surface area contributed by atoms with Gasteiger partial charge in [0.2, 0.25) is 0 Å². The molecule has 24 heavy (non-hydrogen) atoms. The zero-order chi connectivity index (χ0) is 16.7. The van der Waals surface area contributed by atoms with Gasteiger partial charge < -0.3 is 15.1 Å². The van der Waals surface area contributed by atoms with Crippen LogP contribution in [0, 0.1) is 12.8 Å².